The summed E-state index contributed by atoms with van der Waals surface area (Å²) in [6, 6.07) is 11.6. The number of para-hydroxylation sites is 2. The Morgan fingerprint density at radius 3 is 2.88 bits per heavy atom. The molecule has 0 unspecified atom stereocenters. The van der Waals surface area contributed by atoms with Crippen LogP contribution in [0.5, 0.6) is 5.75 Å². The zero-order valence-corrected chi connectivity index (χ0v) is 14.6. The van der Waals surface area contributed by atoms with E-state index in [1.807, 2.05) is 47.5 Å². The van der Waals surface area contributed by atoms with E-state index in [-0.39, 0.29) is 11.9 Å². The predicted molar refractivity (Wildman–Crippen MR) is 97.4 cm³/mol. The van der Waals surface area contributed by atoms with Crippen molar-refractivity contribution in [2.45, 2.75) is 18.9 Å². The first-order chi connectivity index (χ1) is 12.8. The normalized spacial score (nSPS) is 16.7. The molecule has 0 saturated carbocycles. The Labute approximate surface area is 152 Å². The molecule has 1 aliphatic heterocycles. The van der Waals surface area contributed by atoms with E-state index in [4.69, 9.17) is 4.74 Å². The fourth-order valence-electron chi connectivity index (χ4n) is 3.48. The van der Waals surface area contributed by atoms with Crippen molar-refractivity contribution in [3.8, 4) is 11.4 Å². The van der Waals surface area contributed by atoms with E-state index in [0.717, 1.165) is 30.6 Å². The number of hydrogen-bond donors (Lipinski definition) is 0. The standard InChI is InChI=1S/C20H20N4O2/c1-26-19-9-3-2-7-18(19)24-14-16(13-22-24)20(25)23-11-5-8-17(23)15-6-4-10-21-12-15/h2-4,6-7,9-10,12-14,17H,5,8,11H2,1H3/t17-/m1/s1. The van der Waals surface area contributed by atoms with Crippen LogP contribution in [0.25, 0.3) is 5.69 Å². The summed E-state index contributed by atoms with van der Waals surface area (Å²) in [4.78, 5) is 19.2. The van der Waals surface area contributed by atoms with E-state index >= 15 is 0 Å². The Morgan fingerprint density at radius 1 is 1.19 bits per heavy atom. The first-order valence-corrected chi connectivity index (χ1v) is 8.67. The molecule has 2 aromatic heterocycles. The lowest BCUT2D eigenvalue weighted by atomic mass is 10.1. The number of hydrogen-bond acceptors (Lipinski definition) is 4. The second-order valence-corrected chi connectivity index (χ2v) is 6.29. The molecule has 0 N–H and O–H groups in total. The monoisotopic (exact) mass is 348 g/mol. The maximum Gasteiger partial charge on any atom is 0.257 e. The molecule has 26 heavy (non-hydrogen) atoms. The van der Waals surface area contributed by atoms with E-state index < -0.39 is 0 Å². The third-order valence-corrected chi connectivity index (χ3v) is 4.74. The number of likely N-dealkylation sites (tertiary alicyclic amines) is 1. The minimum atomic E-state index is -0.00231. The Morgan fingerprint density at radius 2 is 2.08 bits per heavy atom. The molecule has 3 heterocycles. The fraction of sp³-hybridized carbons (Fsp3) is 0.250. The Hall–Kier alpha value is -3.15. The van der Waals surface area contributed by atoms with Gasteiger partial charge in [-0.25, -0.2) is 4.68 Å². The second kappa shape index (κ2) is 7.00. The van der Waals surface area contributed by atoms with Gasteiger partial charge in [0.2, 0.25) is 0 Å². The lowest BCUT2D eigenvalue weighted by Gasteiger charge is -2.24. The van der Waals surface area contributed by atoms with E-state index in [0.29, 0.717) is 11.3 Å². The van der Waals surface area contributed by atoms with Gasteiger partial charge in [-0.3, -0.25) is 9.78 Å². The van der Waals surface area contributed by atoms with Gasteiger partial charge in [-0.2, -0.15) is 5.10 Å². The van der Waals surface area contributed by atoms with Gasteiger partial charge in [0.15, 0.2) is 0 Å². The van der Waals surface area contributed by atoms with Crippen molar-refractivity contribution < 1.29 is 9.53 Å². The molecule has 4 rings (SSSR count). The number of aromatic nitrogens is 3. The first-order valence-electron chi connectivity index (χ1n) is 8.67. The summed E-state index contributed by atoms with van der Waals surface area (Å²) < 4.78 is 7.06. The van der Waals surface area contributed by atoms with Crippen molar-refractivity contribution in [1.82, 2.24) is 19.7 Å². The Kier molecular flexibility index (Phi) is 4.39. The van der Waals surface area contributed by atoms with Crippen molar-refractivity contribution in [2.24, 2.45) is 0 Å². The molecule has 6 nitrogen and oxygen atoms in total. The molecule has 0 aliphatic carbocycles. The van der Waals surface area contributed by atoms with Gasteiger partial charge in [0.1, 0.15) is 11.4 Å². The SMILES string of the molecule is COc1ccccc1-n1cc(C(=O)N2CCC[C@@H]2c2cccnc2)cn1. The molecule has 0 radical (unpaired) electrons. The molecule has 1 saturated heterocycles. The van der Waals surface area contributed by atoms with Gasteiger partial charge in [0.05, 0.1) is 24.9 Å². The van der Waals surface area contributed by atoms with Crippen molar-refractivity contribution >= 4 is 5.91 Å². The number of benzene rings is 1. The molecule has 1 amide bonds. The molecular weight excluding hydrogens is 328 g/mol. The molecule has 3 aromatic rings. The number of rotatable bonds is 4. The van der Waals surface area contributed by atoms with Gasteiger partial charge in [-0.05, 0) is 36.6 Å². The van der Waals surface area contributed by atoms with Crippen LogP contribution in [0, 0.1) is 0 Å². The lowest BCUT2D eigenvalue weighted by Crippen LogP contribution is -2.30. The average Bonchev–Trinajstić information content (AvgIpc) is 3.38. The maximum absolute atomic E-state index is 13.1. The Balaban J connectivity index is 1.60. The van der Waals surface area contributed by atoms with E-state index in [1.54, 1.807) is 30.4 Å². The van der Waals surface area contributed by atoms with Crippen LogP contribution in [-0.2, 0) is 0 Å². The summed E-state index contributed by atoms with van der Waals surface area (Å²) in [7, 11) is 1.62. The summed E-state index contributed by atoms with van der Waals surface area (Å²) in [5.74, 6) is 0.710. The minimum absolute atomic E-state index is 0.00231. The van der Waals surface area contributed by atoms with Crippen LogP contribution in [-0.4, -0.2) is 39.2 Å². The van der Waals surface area contributed by atoms with Gasteiger partial charge >= 0.3 is 0 Å². The third-order valence-electron chi connectivity index (χ3n) is 4.74. The van der Waals surface area contributed by atoms with Crippen LogP contribution in [0.4, 0.5) is 0 Å². The number of carbonyl (C=O) groups is 1. The van der Waals surface area contributed by atoms with Crippen molar-refractivity contribution in [1.29, 1.82) is 0 Å². The van der Waals surface area contributed by atoms with E-state index in [1.165, 1.54) is 0 Å². The molecule has 0 spiro atoms. The first kappa shape index (κ1) is 16.3. The summed E-state index contributed by atoms with van der Waals surface area (Å²) >= 11 is 0. The average molecular weight is 348 g/mol. The highest BCUT2D eigenvalue weighted by atomic mass is 16.5. The highest BCUT2D eigenvalue weighted by Crippen LogP contribution is 2.32. The van der Waals surface area contributed by atoms with Crippen molar-refractivity contribution in [3.63, 3.8) is 0 Å². The van der Waals surface area contributed by atoms with Crippen LogP contribution in [0.1, 0.15) is 34.8 Å². The van der Waals surface area contributed by atoms with Crippen molar-refractivity contribution in [3.05, 3.63) is 72.3 Å². The largest absolute Gasteiger partial charge is 0.494 e. The topological polar surface area (TPSA) is 60.2 Å². The minimum Gasteiger partial charge on any atom is -0.494 e. The van der Waals surface area contributed by atoms with Crippen LogP contribution in [0.15, 0.2) is 61.2 Å². The molecule has 1 aromatic carbocycles. The van der Waals surface area contributed by atoms with Gasteiger partial charge in [-0.1, -0.05) is 18.2 Å². The summed E-state index contributed by atoms with van der Waals surface area (Å²) in [6.07, 6.45) is 8.92. The number of carbonyl (C=O) groups excluding carboxylic acids is 1. The highest BCUT2D eigenvalue weighted by molar-refractivity contribution is 5.94. The quantitative estimate of drug-likeness (QED) is 0.726. The van der Waals surface area contributed by atoms with Crippen LogP contribution in [0.3, 0.4) is 0 Å². The summed E-state index contributed by atoms with van der Waals surface area (Å²) in [6.45, 7) is 0.748. The number of pyridine rings is 1. The van der Waals surface area contributed by atoms with Gasteiger partial charge in [0, 0.05) is 25.1 Å². The number of methoxy groups -OCH3 is 1. The smallest absolute Gasteiger partial charge is 0.257 e. The number of amides is 1. The van der Waals surface area contributed by atoms with Crippen LogP contribution >= 0.6 is 0 Å². The number of ether oxygens (including phenoxy) is 1. The van der Waals surface area contributed by atoms with Crippen LogP contribution < -0.4 is 4.74 Å². The molecule has 132 valence electrons. The van der Waals surface area contributed by atoms with Gasteiger partial charge in [0.25, 0.3) is 5.91 Å². The molecule has 1 fully saturated rings. The predicted octanol–water partition coefficient (Wildman–Crippen LogP) is 3.25. The molecule has 1 aliphatic rings. The highest BCUT2D eigenvalue weighted by Gasteiger charge is 2.31. The maximum atomic E-state index is 13.1. The summed E-state index contributed by atoms with van der Waals surface area (Å²) in [5, 5.41) is 4.36. The molecule has 6 heteroatoms. The van der Waals surface area contributed by atoms with Gasteiger partial charge < -0.3 is 9.64 Å². The fourth-order valence-corrected chi connectivity index (χ4v) is 3.48. The van der Waals surface area contributed by atoms with Crippen LogP contribution in [0.2, 0.25) is 0 Å². The lowest BCUT2D eigenvalue weighted by molar-refractivity contribution is 0.0735. The summed E-state index contributed by atoms with van der Waals surface area (Å²) in [5.41, 5.74) is 2.46. The van der Waals surface area contributed by atoms with Crippen molar-refractivity contribution in [2.75, 3.05) is 13.7 Å². The Bertz CT molecular complexity index is 907. The van der Waals surface area contributed by atoms with E-state index in [9.17, 15) is 4.79 Å². The molecule has 0 bridgehead atoms. The molecular formula is C20H20N4O2. The zero-order chi connectivity index (χ0) is 17.9. The molecule has 1 atom stereocenters. The zero-order valence-electron chi connectivity index (χ0n) is 14.6. The van der Waals surface area contributed by atoms with E-state index in [2.05, 4.69) is 10.1 Å². The number of nitrogens with zero attached hydrogens (tertiary/aromatic N) is 4. The van der Waals surface area contributed by atoms with Gasteiger partial charge in [-0.15, -0.1) is 0 Å². The third kappa shape index (κ3) is 2.94. The second-order valence-electron chi connectivity index (χ2n) is 6.29.